The molecule has 1 amide bonds. The molecule has 2 aliphatic carbocycles. The second-order valence-electron chi connectivity index (χ2n) is 5.44. The maximum Gasteiger partial charge on any atom is 0.273 e. The molecular weight excluding hydrogens is 270 g/mol. The van der Waals surface area contributed by atoms with E-state index in [1.165, 1.54) is 6.07 Å². The molecule has 0 heterocycles. The predicted molar refractivity (Wildman–Crippen MR) is 78.1 cm³/mol. The van der Waals surface area contributed by atoms with Gasteiger partial charge in [0.25, 0.3) is 11.6 Å². The fourth-order valence-corrected chi connectivity index (χ4v) is 2.80. The first-order valence-electron chi connectivity index (χ1n) is 6.85. The third-order valence-electron chi connectivity index (χ3n) is 4.13. The Morgan fingerprint density at radius 2 is 2.29 bits per heavy atom. The maximum atomic E-state index is 12.0. The third kappa shape index (κ3) is 2.44. The summed E-state index contributed by atoms with van der Waals surface area (Å²) in [6, 6.07) is 4.42. The van der Waals surface area contributed by atoms with Crippen molar-refractivity contribution in [1.82, 2.24) is 5.43 Å². The highest BCUT2D eigenvalue weighted by atomic mass is 16.6. The molecule has 1 aromatic rings. The number of aryl methyl sites for hydroxylation is 1. The fraction of sp³-hybridized carbons (Fsp3) is 0.333. The molecule has 108 valence electrons. The van der Waals surface area contributed by atoms with Gasteiger partial charge in [0.2, 0.25) is 0 Å². The molecule has 0 spiro atoms. The van der Waals surface area contributed by atoms with Crippen LogP contribution in [0.5, 0.6) is 0 Å². The van der Waals surface area contributed by atoms with Crippen molar-refractivity contribution in [3.8, 4) is 0 Å². The number of nitro groups is 1. The molecule has 1 aromatic carbocycles. The van der Waals surface area contributed by atoms with Crippen molar-refractivity contribution in [2.45, 2.75) is 19.8 Å². The number of benzene rings is 1. The number of fused-ring (bicyclic) bond motifs is 1. The summed E-state index contributed by atoms with van der Waals surface area (Å²) in [7, 11) is 0. The normalized spacial score (nSPS) is 24.5. The van der Waals surface area contributed by atoms with Crippen LogP contribution in [0.4, 0.5) is 5.69 Å². The molecule has 1 N–H and O–H groups in total. The topological polar surface area (TPSA) is 84.6 Å². The van der Waals surface area contributed by atoms with Gasteiger partial charge < -0.3 is 0 Å². The van der Waals surface area contributed by atoms with E-state index in [1.54, 1.807) is 19.1 Å². The van der Waals surface area contributed by atoms with Gasteiger partial charge in [-0.1, -0.05) is 18.2 Å². The minimum Gasteiger partial charge on any atom is -0.267 e. The van der Waals surface area contributed by atoms with Crippen LogP contribution in [0.3, 0.4) is 0 Å². The van der Waals surface area contributed by atoms with E-state index in [9.17, 15) is 14.9 Å². The maximum absolute atomic E-state index is 12.0. The molecule has 2 unspecified atom stereocenters. The molecule has 21 heavy (non-hydrogen) atoms. The number of carbonyl (C=O) groups is 1. The van der Waals surface area contributed by atoms with E-state index in [0.717, 1.165) is 18.6 Å². The molecule has 1 fully saturated rings. The Morgan fingerprint density at radius 3 is 3.00 bits per heavy atom. The van der Waals surface area contributed by atoms with Crippen LogP contribution in [0.2, 0.25) is 0 Å². The zero-order valence-corrected chi connectivity index (χ0v) is 11.6. The molecule has 0 aromatic heterocycles. The van der Waals surface area contributed by atoms with Gasteiger partial charge in [-0.05, 0) is 31.7 Å². The van der Waals surface area contributed by atoms with Crippen LogP contribution in [0.15, 0.2) is 35.5 Å². The van der Waals surface area contributed by atoms with Crippen LogP contribution < -0.4 is 5.43 Å². The second-order valence-corrected chi connectivity index (χ2v) is 5.44. The zero-order valence-electron chi connectivity index (χ0n) is 11.6. The predicted octanol–water partition coefficient (Wildman–Crippen LogP) is 2.59. The largest absolute Gasteiger partial charge is 0.273 e. The zero-order chi connectivity index (χ0) is 15.0. The van der Waals surface area contributed by atoms with Crippen molar-refractivity contribution in [2.24, 2.45) is 16.9 Å². The lowest BCUT2D eigenvalue weighted by atomic mass is 9.74. The molecule has 2 atom stereocenters. The van der Waals surface area contributed by atoms with Gasteiger partial charge in [-0.15, -0.1) is 0 Å². The van der Waals surface area contributed by atoms with Gasteiger partial charge in [-0.2, -0.15) is 5.10 Å². The van der Waals surface area contributed by atoms with Crippen LogP contribution in [-0.4, -0.2) is 16.5 Å². The van der Waals surface area contributed by atoms with Crippen molar-refractivity contribution >= 4 is 17.3 Å². The van der Waals surface area contributed by atoms with Gasteiger partial charge in [0, 0.05) is 28.8 Å². The Labute approximate surface area is 121 Å². The van der Waals surface area contributed by atoms with E-state index in [4.69, 9.17) is 0 Å². The minimum atomic E-state index is -0.487. The number of hydrogen-bond acceptors (Lipinski definition) is 4. The minimum absolute atomic E-state index is 0.0565. The molecule has 2 aliphatic rings. The van der Waals surface area contributed by atoms with Gasteiger partial charge in [0.05, 0.1) is 4.92 Å². The molecule has 0 aliphatic heterocycles. The molecular formula is C15H15N3O3. The Balaban J connectivity index is 1.70. The molecule has 3 rings (SSSR count). The summed E-state index contributed by atoms with van der Waals surface area (Å²) in [5.74, 6) is 0.582. The van der Waals surface area contributed by atoms with Crippen LogP contribution in [-0.2, 0) is 0 Å². The number of nitrogens with one attached hydrogen (secondary N) is 1. The third-order valence-corrected chi connectivity index (χ3v) is 4.13. The van der Waals surface area contributed by atoms with Crippen LogP contribution in [0, 0.1) is 28.9 Å². The first kappa shape index (κ1) is 13.5. The van der Waals surface area contributed by atoms with Crippen molar-refractivity contribution in [2.75, 3.05) is 0 Å². The molecule has 6 heteroatoms. The molecule has 0 radical (unpaired) electrons. The SMILES string of the molecule is Cc1ccc(C(=O)N/N=C2/CC3C=CCC23)cc1[N+](=O)[O-]. The lowest BCUT2D eigenvalue weighted by Crippen LogP contribution is -2.35. The Kier molecular flexibility index (Phi) is 3.29. The number of hydrogen-bond donors (Lipinski definition) is 1. The molecule has 0 saturated heterocycles. The summed E-state index contributed by atoms with van der Waals surface area (Å²) in [5.41, 5.74) is 4.22. The quantitative estimate of drug-likeness (QED) is 0.526. The number of hydrazone groups is 1. The van der Waals surface area contributed by atoms with Crippen molar-refractivity contribution in [3.05, 3.63) is 51.6 Å². The van der Waals surface area contributed by atoms with Crippen molar-refractivity contribution < 1.29 is 9.72 Å². The highest BCUT2D eigenvalue weighted by Gasteiger charge is 2.38. The van der Waals surface area contributed by atoms with E-state index < -0.39 is 10.8 Å². The lowest BCUT2D eigenvalue weighted by Gasteiger charge is -2.31. The van der Waals surface area contributed by atoms with Crippen LogP contribution in [0.25, 0.3) is 0 Å². The first-order chi connectivity index (χ1) is 10.1. The fourth-order valence-electron chi connectivity index (χ4n) is 2.80. The van der Waals surface area contributed by atoms with Gasteiger partial charge in [-0.25, -0.2) is 5.43 Å². The van der Waals surface area contributed by atoms with Crippen molar-refractivity contribution in [1.29, 1.82) is 0 Å². The number of nitro benzene ring substituents is 1. The average Bonchev–Trinajstić information content (AvgIpc) is 2.80. The summed E-state index contributed by atoms with van der Waals surface area (Å²) in [5, 5.41) is 15.0. The van der Waals surface area contributed by atoms with E-state index in [0.29, 0.717) is 17.4 Å². The molecule has 6 nitrogen and oxygen atoms in total. The van der Waals surface area contributed by atoms with E-state index in [1.807, 2.05) is 0 Å². The highest BCUT2D eigenvalue weighted by molar-refractivity contribution is 5.98. The summed E-state index contributed by atoms with van der Waals surface area (Å²) < 4.78 is 0. The summed E-state index contributed by atoms with van der Waals surface area (Å²) in [6.07, 6.45) is 6.20. The van der Waals surface area contributed by atoms with Crippen molar-refractivity contribution in [3.63, 3.8) is 0 Å². The van der Waals surface area contributed by atoms with E-state index in [2.05, 4.69) is 22.7 Å². The Morgan fingerprint density at radius 1 is 1.48 bits per heavy atom. The summed E-state index contributed by atoms with van der Waals surface area (Å²) in [6.45, 7) is 1.64. The second kappa shape index (κ2) is 5.12. The monoisotopic (exact) mass is 285 g/mol. The lowest BCUT2D eigenvalue weighted by molar-refractivity contribution is -0.385. The summed E-state index contributed by atoms with van der Waals surface area (Å²) >= 11 is 0. The van der Waals surface area contributed by atoms with Gasteiger partial charge in [0.15, 0.2) is 0 Å². The standard InChI is InChI=1S/C15H15N3O3/c1-9-5-6-11(8-14(9)18(20)21)15(19)17-16-13-7-10-3-2-4-12(10)13/h2-3,5-6,8,10,12H,4,7H2,1H3,(H,17,19)/b16-13-. The first-order valence-corrected chi connectivity index (χ1v) is 6.85. The number of rotatable bonds is 3. The number of amides is 1. The van der Waals surface area contributed by atoms with Gasteiger partial charge in [-0.3, -0.25) is 14.9 Å². The number of allylic oxidation sites excluding steroid dienone is 2. The van der Waals surface area contributed by atoms with E-state index in [-0.39, 0.29) is 11.3 Å². The Bertz CT molecular complexity index is 679. The van der Waals surface area contributed by atoms with Crippen LogP contribution in [0.1, 0.15) is 28.8 Å². The molecule has 0 bridgehead atoms. The Hall–Kier alpha value is -2.50. The number of nitrogens with zero attached hydrogens (tertiary/aromatic N) is 2. The number of carbonyl (C=O) groups excluding carboxylic acids is 1. The summed E-state index contributed by atoms with van der Waals surface area (Å²) in [4.78, 5) is 22.4. The van der Waals surface area contributed by atoms with Gasteiger partial charge in [0.1, 0.15) is 0 Å². The molecule has 1 saturated carbocycles. The smallest absolute Gasteiger partial charge is 0.267 e. The van der Waals surface area contributed by atoms with Crippen LogP contribution >= 0.6 is 0 Å². The highest BCUT2D eigenvalue weighted by Crippen LogP contribution is 2.40. The van der Waals surface area contributed by atoms with E-state index >= 15 is 0 Å². The average molecular weight is 285 g/mol. The van der Waals surface area contributed by atoms with Gasteiger partial charge >= 0.3 is 0 Å².